The van der Waals surface area contributed by atoms with Crippen molar-refractivity contribution in [2.75, 3.05) is 20.6 Å². The van der Waals surface area contributed by atoms with Crippen LogP contribution in [0.1, 0.15) is 43.6 Å². The lowest BCUT2D eigenvalue weighted by molar-refractivity contribution is 0.300. The van der Waals surface area contributed by atoms with Crippen molar-refractivity contribution in [3.05, 3.63) is 17.6 Å². The predicted octanol–water partition coefficient (Wildman–Crippen LogP) is 2.51. The maximum Gasteiger partial charge on any atom is 0.246 e. The first-order valence-corrected chi connectivity index (χ1v) is 9.09. The molecule has 0 saturated heterocycles. The maximum absolute atomic E-state index is 12.7. The number of rotatable bonds is 6. The van der Waals surface area contributed by atoms with Gasteiger partial charge in [0.1, 0.15) is 16.4 Å². The quantitative estimate of drug-likeness (QED) is 0.876. The topological polar surface area (TPSA) is 62.6 Å². The largest absolute Gasteiger partial charge is 0.464 e. The minimum absolute atomic E-state index is 0.297. The van der Waals surface area contributed by atoms with Crippen molar-refractivity contribution in [1.82, 2.24) is 9.62 Å². The highest BCUT2D eigenvalue weighted by molar-refractivity contribution is 7.89. The highest BCUT2D eigenvalue weighted by Crippen LogP contribution is 2.28. The molecule has 120 valence electrons. The molecule has 1 saturated carbocycles. The van der Waals surface area contributed by atoms with Gasteiger partial charge in [-0.15, -0.1) is 0 Å². The number of sulfonamides is 1. The third kappa shape index (κ3) is 3.87. The fourth-order valence-corrected chi connectivity index (χ4v) is 4.47. The molecule has 5 nitrogen and oxygen atoms in total. The van der Waals surface area contributed by atoms with E-state index in [2.05, 4.69) is 5.32 Å². The van der Waals surface area contributed by atoms with Gasteiger partial charge >= 0.3 is 0 Å². The van der Waals surface area contributed by atoms with Gasteiger partial charge in [-0.3, -0.25) is 0 Å². The first-order valence-electron chi connectivity index (χ1n) is 7.65. The third-order valence-electron chi connectivity index (χ3n) is 4.20. The van der Waals surface area contributed by atoms with E-state index in [1.165, 1.54) is 23.6 Å². The summed E-state index contributed by atoms with van der Waals surface area (Å²) in [5.74, 6) is 1.61. The highest BCUT2D eigenvalue weighted by Gasteiger charge is 2.28. The molecule has 0 radical (unpaired) electrons. The van der Waals surface area contributed by atoms with Crippen LogP contribution in [0.3, 0.4) is 0 Å². The van der Waals surface area contributed by atoms with Gasteiger partial charge in [0.15, 0.2) is 0 Å². The van der Waals surface area contributed by atoms with Crippen LogP contribution in [0.4, 0.5) is 0 Å². The Morgan fingerprint density at radius 2 is 2.00 bits per heavy atom. The normalized spacial score (nSPS) is 17.5. The lowest BCUT2D eigenvalue weighted by Gasteiger charge is -2.26. The van der Waals surface area contributed by atoms with Gasteiger partial charge in [-0.25, -0.2) is 12.7 Å². The molecule has 21 heavy (non-hydrogen) atoms. The Hall–Kier alpha value is -0.850. The average Bonchev–Trinajstić information content (AvgIpc) is 2.82. The van der Waals surface area contributed by atoms with Crippen molar-refractivity contribution in [2.24, 2.45) is 5.92 Å². The van der Waals surface area contributed by atoms with Crippen LogP contribution in [0.5, 0.6) is 0 Å². The lowest BCUT2D eigenvalue weighted by atomic mass is 9.89. The minimum atomic E-state index is -3.45. The number of hydrogen-bond donors (Lipinski definition) is 1. The van der Waals surface area contributed by atoms with Crippen LogP contribution in [0.15, 0.2) is 15.4 Å². The summed E-state index contributed by atoms with van der Waals surface area (Å²) in [6, 6.07) is 1.64. The van der Waals surface area contributed by atoms with E-state index in [0.29, 0.717) is 35.4 Å². The molecule has 0 atom stereocenters. The van der Waals surface area contributed by atoms with E-state index in [9.17, 15) is 8.42 Å². The molecule has 1 aromatic heterocycles. The predicted molar refractivity (Wildman–Crippen MR) is 82.6 cm³/mol. The zero-order valence-corrected chi connectivity index (χ0v) is 14.0. The van der Waals surface area contributed by atoms with Gasteiger partial charge in [-0.2, -0.15) is 0 Å². The number of hydrogen-bond acceptors (Lipinski definition) is 4. The molecule has 1 aliphatic carbocycles. The summed E-state index contributed by atoms with van der Waals surface area (Å²) < 4.78 is 32.4. The van der Waals surface area contributed by atoms with Gasteiger partial charge in [0.05, 0.1) is 6.54 Å². The Balaban J connectivity index is 2.12. The van der Waals surface area contributed by atoms with Crippen LogP contribution in [-0.4, -0.2) is 33.4 Å². The summed E-state index contributed by atoms with van der Waals surface area (Å²) in [5, 5.41) is 2.97. The Morgan fingerprint density at radius 3 is 2.62 bits per heavy atom. The second kappa shape index (κ2) is 6.94. The van der Waals surface area contributed by atoms with Gasteiger partial charge in [0, 0.05) is 19.7 Å². The van der Waals surface area contributed by atoms with E-state index in [1.54, 1.807) is 27.1 Å². The molecule has 0 aliphatic heterocycles. The molecule has 2 rings (SSSR count). The molecule has 0 bridgehead atoms. The van der Waals surface area contributed by atoms with Crippen LogP contribution in [0.25, 0.3) is 0 Å². The van der Waals surface area contributed by atoms with E-state index in [4.69, 9.17) is 4.42 Å². The van der Waals surface area contributed by atoms with Crippen LogP contribution in [-0.2, 0) is 16.6 Å². The first kappa shape index (κ1) is 16.5. The van der Waals surface area contributed by atoms with E-state index >= 15 is 0 Å². The van der Waals surface area contributed by atoms with Crippen molar-refractivity contribution < 1.29 is 12.8 Å². The highest BCUT2D eigenvalue weighted by atomic mass is 32.2. The number of aryl methyl sites for hydroxylation is 1. The molecule has 1 fully saturated rings. The minimum Gasteiger partial charge on any atom is -0.464 e. The molecule has 1 N–H and O–H groups in total. The van der Waals surface area contributed by atoms with Crippen molar-refractivity contribution >= 4 is 10.0 Å². The van der Waals surface area contributed by atoms with Crippen LogP contribution in [0.2, 0.25) is 0 Å². The molecule has 0 amide bonds. The van der Waals surface area contributed by atoms with Gasteiger partial charge in [-0.05, 0) is 32.7 Å². The number of nitrogens with one attached hydrogen (secondary N) is 1. The van der Waals surface area contributed by atoms with E-state index in [-0.39, 0.29) is 0 Å². The molecular weight excluding hydrogens is 288 g/mol. The van der Waals surface area contributed by atoms with Crippen LogP contribution < -0.4 is 5.32 Å². The molecule has 6 heteroatoms. The molecule has 1 heterocycles. The molecule has 1 aliphatic rings. The van der Waals surface area contributed by atoms with Crippen molar-refractivity contribution in [3.63, 3.8) is 0 Å². The average molecular weight is 314 g/mol. The maximum atomic E-state index is 12.7. The fourth-order valence-electron chi connectivity index (χ4n) is 3.04. The summed E-state index contributed by atoms with van der Waals surface area (Å²) in [7, 11) is 0.0268. The lowest BCUT2D eigenvalue weighted by Crippen LogP contribution is -2.32. The van der Waals surface area contributed by atoms with Crippen molar-refractivity contribution in [1.29, 1.82) is 0 Å². The van der Waals surface area contributed by atoms with Gasteiger partial charge in [0.2, 0.25) is 10.0 Å². The van der Waals surface area contributed by atoms with Crippen molar-refractivity contribution in [3.8, 4) is 0 Å². The molecular formula is C15H26N2O3S. The van der Waals surface area contributed by atoms with Gasteiger partial charge in [-0.1, -0.05) is 19.3 Å². The fraction of sp³-hybridized carbons (Fsp3) is 0.733. The van der Waals surface area contributed by atoms with E-state index in [1.807, 2.05) is 0 Å². The summed E-state index contributed by atoms with van der Waals surface area (Å²) >= 11 is 0. The summed E-state index contributed by atoms with van der Waals surface area (Å²) in [6.07, 6.45) is 5.98. The number of furan rings is 1. The SMILES string of the molecule is CNCc1cc(S(=O)(=O)N(C)CC2CCCCC2)c(C)o1. The molecule has 1 aromatic rings. The third-order valence-corrected chi connectivity index (χ3v) is 6.13. The van der Waals surface area contributed by atoms with Crippen LogP contribution >= 0.6 is 0 Å². The summed E-state index contributed by atoms with van der Waals surface area (Å²) in [6.45, 7) is 2.84. The van der Waals surface area contributed by atoms with Gasteiger partial charge < -0.3 is 9.73 Å². The Morgan fingerprint density at radius 1 is 1.33 bits per heavy atom. The Kier molecular flexibility index (Phi) is 5.46. The standard InChI is InChI=1S/C15H26N2O3S/c1-12-15(9-14(20-12)10-16-2)21(18,19)17(3)11-13-7-5-4-6-8-13/h9,13,16H,4-8,10-11H2,1-3H3. The zero-order chi connectivity index (χ0) is 15.5. The van der Waals surface area contributed by atoms with Crippen LogP contribution in [0, 0.1) is 12.8 Å². The van der Waals surface area contributed by atoms with E-state index < -0.39 is 10.0 Å². The van der Waals surface area contributed by atoms with Gasteiger partial charge in [0.25, 0.3) is 0 Å². The smallest absolute Gasteiger partial charge is 0.246 e. The Bertz CT molecular complexity index is 559. The Labute approximate surface area is 127 Å². The molecule has 0 aromatic carbocycles. The first-order chi connectivity index (χ1) is 9.95. The number of nitrogens with zero attached hydrogens (tertiary/aromatic N) is 1. The molecule has 0 unspecified atom stereocenters. The second-order valence-electron chi connectivity index (χ2n) is 5.95. The summed E-state index contributed by atoms with van der Waals surface area (Å²) in [5.41, 5.74) is 0. The molecule has 0 spiro atoms. The monoisotopic (exact) mass is 314 g/mol. The second-order valence-corrected chi connectivity index (χ2v) is 7.97. The zero-order valence-electron chi connectivity index (χ0n) is 13.2. The van der Waals surface area contributed by atoms with E-state index in [0.717, 1.165) is 12.8 Å². The summed E-state index contributed by atoms with van der Waals surface area (Å²) in [4.78, 5) is 0.297. The van der Waals surface area contributed by atoms with Crippen molar-refractivity contribution in [2.45, 2.75) is 50.5 Å².